The topological polar surface area (TPSA) is 140 Å². The van der Waals surface area contributed by atoms with Gasteiger partial charge < -0.3 is 14.8 Å². The van der Waals surface area contributed by atoms with Crippen LogP contribution in [0.2, 0.25) is 0 Å². The van der Waals surface area contributed by atoms with E-state index in [1.165, 1.54) is 10.9 Å². The molecule has 2 unspecified atom stereocenters. The third-order valence-electron chi connectivity index (χ3n) is 4.18. The Morgan fingerprint density at radius 2 is 2.13 bits per heavy atom. The monoisotopic (exact) mass is 432 g/mol. The summed E-state index contributed by atoms with van der Waals surface area (Å²) in [7, 11) is 0. The van der Waals surface area contributed by atoms with Crippen LogP contribution in [0.15, 0.2) is 11.1 Å². The summed E-state index contributed by atoms with van der Waals surface area (Å²) in [6.07, 6.45) is -5.46. The number of halogens is 3. The molecule has 0 aliphatic carbocycles. The first-order chi connectivity index (χ1) is 14.1. The van der Waals surface area contributed by atoms with Gasteiger partial charge >= 0.3 is 12.1 Å². The second-order valence-electron chi connectivity index (χ2n) is 6.85. The van der Waals surface area contributed by atoms with Crippen molar-refractivity contribution in [3.05, 3.63) is 16.7 Å². The molecule has 2 aromatic heterocycles. The summed E-state index contributed by atoms with van der Waals surface area (Å²) in [6, 6.07) is 0. The van der Waals surface area contributed by atoms with Gasteiger partial charge in [0.05, 0.1) is 6.33 Å². The fourth-order valence-electron chi connectivity index (χ4n) is 2.66. The van der Waals surface area contributed by atoms with Crippen LogP contribution in [0.1, 0.15) is 20.1 Å². The van der Waals surface area contributed by atoms with Crippen molar-refractivity contribution in [3.8, 4) is 0 Å². The van der Waals surface area contributed by atoms with Gasteiger partial charge in [0.1, 0.15) is 18.9 Å². The van der Waals surface area contributed by atoms with Gasteiger partial charge in [-0.3, -0.25) is 24.5 Å². The van der Waals surface area contributed by atoms with E-state index in [0.717, 1.165) is 0 Å². The van der Waals surface area contributed by atoms with Crippen molar-refractivity contribution in [2.45, 2.75) is 32.4 Å². The van der Waals surface area contributed by atoms with Crippen molar-refractivity contribution >= 4 is 29.0 Å². The van der Waals surface area contributed by atoms with Gasteiger partial charge in [-0.25, -0.2) is 9.78 Å². The molecule has 1 aliphatic heterocycles. The first kappa shape index (κ1) is 21.7. The first-order valence-electron chi connectivity index (χ1n) is 8.94. The van der Waals surface area contributed by atoms with Gasteiger partial charge in [0.15, 0.2) is 11.2 Å². The van der Waals surface area contributed by atoms with E-state index in [2.05, 4.69) is 30.3 Å². The zero-order chi connectivity index (χ0) is 22.1. The number of carbonyl (C=O) groups is 2. The number of hydrogen-bond acceptors (Lipinski definition) is 8. The number of carbonyl (C=O) groups excluding carboxylic acids is 2. The lowest BCUT2D eigenvalue weighted by molar-refractivity contribution is -0.205. The molecule has 1 fully saturated rings. The van der Waals surface area contributed by atoms with Crippen LogP contribution >= 0.6 is 0 Å². The number of morpholine rings is 1. The fourth-order valence-corrected chi connectivity index (χ4v) is 2.66. The summed E-state index contributed by atoms with van der Waals surface area (Å²) in [5, 5.41) is 5.43. The van der Waals surface area contributed by atoms with Crippen molar-refractivity contribution in [3.63, 3.8) is 0 Å². The number of aromatic amines is 1. The van der Waals surface area contributed by atoms with Crippen LogP contribution in [0.25, 0.3) is 11.2 Å². The maximum atomic E-state index is 12.3. The second-order valence-corrected chi connectivity index (χ2v) is 6.85. The number of alkyl halides is 3. The number of nitrogens with one attached hydrogen (secondary N) is 3. The third kappa shape index (κ3) is 4.76. The number of ether oxygens (including phenoxy) is 2. The summed E-state index contributed by atoms with van der Waals surface area (Å²) in [4.78, 5) is 45.6. The van der Waals surface area contributed by atoms with Crippen LogP contribution in [0.5, 0.6) is 0 Å². The highest BCUT2D eigenvalue weighted by atomic mass is 19.4. The summed E-state index contributed by atoms with van der Waals surface area (Å²) < 4.78 is 48.2. The van der Waals surface area contributed by atoms with Crippen LogP contribution < -0.4 is 16.2 Å². The molecule has 0 aromatic carbocycles. The Morgan fingerprint density at radius 3 is 2.80 bits per heavy atom. The molecule has 0 bridgehead atoms. The predicted molar refractivity (Wildman–Crippen MR) is 95.4 cm³/mol. The second kappa shape index (κ2) is 8.39. The van der Waals surface area contributed by atoms with Gasteiger partial charge in [-0.2, -0.15) is 18.2 Å². The van der Waals surface area contributed by atoms with E-state index in [1.54, 1.807) is 13.8 Å². The lowest BCUT2D eigenvalue weighted by atomic mass is 10.2. The fraction of sp³-hybridized carbons (Fsp3) is 0.562. The summed E-state index contributed by atoms with van der Waals surface area (Å²) in [5.41, 5.74) is -0.485. The molecule has 3 heterocycles. The quantitative estimate of drug-likeness (QED) is 0.574. The Morgan fingerprint density at radius 1 is 1.40 bits per heavy atom. The molecular weight excluding hydrogens is 413 g/mol. The van der Waals surface area contributed by atoms with E-state index >= 15 is 0 Å². The van der Waals surface area contributed by atoms with Crippen LogP contribution in [-0.4, -0.2) is 63.4 Å². The van der Waals surface area contributed by atoms with Crippen molar-refractivity contribution in [1.29, 1.82) is 0 Å². The lowest BCUT2D eigenvalue weighted by Gasteiger charge is -2.31. The molecule has 30 heavy (non-hydrogen) atoms. The zero-order valence-corrected chi connectivity index (χ0v) is 15.9. The average molecular weight is 432 g/mol. The third-order valence-corrected chi connectivity index (χ3v) is 4.18. The van der Waals surface area contributed by atoms with E-state index in [1.807, 2.05) is 0 Å². The van der Waals surface area contributed by atoms with E-state index in [-0.39, 0.29) is 42.0 Å². The first-order valence-corrected chi connectivity index (χ1v) is 8.94. The van der Waals surface area contributed by atoms with Crippen LogP contribution in [0.4, 0.5) is 19.1 Å². The standard InChI is InChI=1S/C16H19F3N6O5/c1-7(2)12(26)23-15-22-11-10(13(27)24-15)21-6-25(11)9-4-20-3-8(30-9)5-29-14(28)16(17,18)19/h6-9,20H,3-5H2,1-2H3,(H2,22,23,24,26,27). The number of aromatic nitrogens is 4. The van der Waals surface area contributed by atoms with Gasteiger partial charge in [0.2, 0.25) is 11.9 Å². The maximum Gasteiger partial charge on any atom is 0.490 e. The van der Waals surface area contributed by atoms with E-state index in [0.29, 0.717) is 0 Å². The normalized spacial score (nSPS) is 19.8. The molecule has 164 valence electrons. The molecule has 1 saturated heterocycles. The average Bonchev–Trinajstić information content (AvgIpc) is 3.10. The number of anilines is 1. The smallest absolute Gasteiger partial charge is 0.456 e. The molecule has 0 spiro atoms. The summed E-state index contributed by atoms with van der Waals surface area (Å²) >= 11 is 0. The summed E-state index contributed by atoms with van der Waals surface area (Å²) in [6.45, 7) is 3.11. The number of fused-ring (bicyclic) bond motifs is 1. The predicted octanol–water partition coefficient (Wildman–Crippen LogP) is 0.307. The van der Waals surface area contributed by atoms with Crippen LogP contribution in [-0.2, 0) is 19.1 Å². The van der Waals surface area contributed by atoms with Crippen molar-refractivity contribution in [2.24, 2.45) is 5.92 Å². The highest BCUT2D eigenvalue weighted by Gasteiger charge is 2.41. The number of amides is 1. The molecule has 1 aliphatic rings. The Labute approximate surface area is 167 Å². The van der Waals surface area contributed by atoms with Crippen molar-refractivity contribution in [2.75, 3.05) is 25.0 Å². The Balaban J connectivity index is 1.78. The Kier molecular flexibility index (Phi) is 6.07. The number of esters is 1. The molecule has 1 amide bonds. The lowest BCUT2D eigenvalue weighted by Crippen LogP contribution is -2.45. The number of imidazole rings is 1. The Bertz CT molecular complexity index is 1000. The van der Waals surface area contributed by atoms with Crippen LogP contribution in [0, 0.1) is 5.92 Å². The minimum Gasteiger partial charge on any atom is -0.456 e. The molecule has 2 aromatic rings. The van der Waals surface area contributed by atoms with E-state index in [4.69, 9.17) is 4.74 Å². The van der Waals surface area contributed by atoms with Gasteiger partial charge in [-0.05, 0) is 0 Å². The number of nitrogens with zero attached hydrogens (tertiary/aromatic N) is 3. The zero-order valence-electron chi connectivity index (χ0n) is 15.9. The van der Waals surface area contributed by atoms with Crippen molar-refractivity contribution < 1.29 is 32.2 Å². The number of hydrogen-bond donors (Lipinski definition) is 3. The molecule has 3 N–H and O–H groups in total. The highest BCUT2D eigenvalue weighted by molar-refractivity contribution is 5.91. The molecule has 11 nitrogen and oxygen atoms in total. The van der Waals surface area contributed by atoms with Gasteiger partial charge in [-0.1, -0.05) is 13.8 Å². The Hall–Kier alpha value is -3.00. The van der Waals surface area contributed by atoms with Crippen LogP contribution in [0.3, 0.4) is 0 Å². The number of rotatable bonds is 5. The number of H-pyrrole nitrogens is 1. The SMILES string of the molecule is CC(C)C(=O)Nc1nc2c(ncn2C2CNCC(COC(=O)C(F)(F)F)O2)c(=O)[nH]1. The highest BCUT2D eigenvalue weighted by Crippen LogP contribution is 2.21. The van der Waals surface area contributed by atoms with Crippen molar-refractivity contribution in [1.82, 2.24) is 24.8 Å². The molecule has 0 saturated carbocycles. The minimum absolute atomic E-state index is 0.00762. The molecule has 14 heteroatoms. The van der Waals surface area contributed by atoms with Gasteiger partial charge in [0.25, 0.3) is 5.56 Å². The largest absolute Gasteiger partial charge is 0.490 e. The van der Waals surface area contributed by atoms with Gasteiger partial charge in [0, 0.05) is 19.0 Å². The molecular formula is C16H19F3N6O5. The van der Waals surface area contributed by atoms with E-state index in [9.17, 15) is 27.6 Å². The molecule has 2 atom stereocenters. The minimum atomic E-state index is -5.09. The maximum absolute atomic E-state index is 12.3. The van der Waals surface area contributed by atoms with E-state index < -0.39 is 36.6 Å². The summed E-state index contributed by atoms with van der Waals surface area (Å²) in [5.74, 6) is -3.08. The van der Waals surface area contributed by atoms with Gasteiger partial charge in [-0.15, -0.1) is 0 Å². The molecule has 3 rings (SSSR count). The molecule has 0 radical (unpaired) electrons.